The molecule has 0 bridgehead atoms. The zero-order valence-electron chi connectivity index (χ0n) is 11.3. The summed E-state index contributed by atoms with van der Waals surface area (Å²) in [5.41, 5.74) is -1.46. The van der Waals surface area contributed by atoms with Crippen molar-refractivity contribution in [2.24, 2.45) is 5.41 Å². The molecule has 1 fully saturated rings. The van der Waals surface area contributed by atoms with Crippen molar-refractivity contribution in [3.05, 3.63) is 33.2 Å². The topological polar surface area (TPSA) is 97.6 Å². The molecule has 1 aromatic rings. The van der Waals surface area contributed by atoms with Gasteiger partial charge in [-0.1, -0.05) is 0 Å². The lowest BCUT2D eigenvalue weighted by Crippen LogP contribution is -2.50. The van der Waals surface area contributed by atoms with Gasteiger partial charge in [-0.15, -0.1) is 0 Å². The van der Waals surface area contributed by atoms with Gasteiger partial charge in [0.1, 0.15) is 12.0 Å². The standard InChI is InChI=1S/C13H15BrN2O5/c1-13(12(19)20)7-21-6-9(13)15-10(17)5-16-4-8(14)2-3-11(16)18/h2-4,9H,5-7H2,1H3,(H,15,17)(H,19,20). The number of hydrogen-bond donors (Lipinski definition) is 2. The molecule has 1 amide bonds. The summed E-state index contributed by atoms with van der Waals surface area (Å²) in [6.45, 7) is 1.54. The number of ether oxygens (including phenoxy) is 1. The molecular weight excluding hydrogens is 344 g/mol. The van der Waals surface area contributed by atoms with Gasteiger partial charge in [0.25, 0.3) is 5.56 Å². The summed E-state index contributed by atoms with van der Waals surface area (Å²) < 4.78 is 7.08. The number of carbonyl (C=O) groups excluding carboxylic acids is 1. The maximum Gasteiger partial charge on any atom is 0.313 e. The van der Waals surface area contributed by atoms with Crippen LogP contribution in [-0.2, 0) is 20.9 Å². The first kappa shape index (κ1) is 15.7. The van der Waals surface area contributed by atoms with E-state index in [4.69, 9.17) is 4.74 Å². The van der Waals surface area contributed by atoms with Crippen molar-refractivity contribution in [3.63, 3.8) is 0 Å². The number of pyridine rings is 1. The van der Waals surface area contributed by atoms with Crippen molar-refractivity contribution in [3.8, 4) is 0 Å². The fourth-order valence-electron chi connectivity index (χ4n) is 2.11. The number of hydrogen-bond acceptors (Lipinski definition) is 4. The maximum absolute atomic E-state index is 12.0. The van der Waals surface area contributed by atoms with Crippen LogP contribution in [0.2, 0.25) is 0 Å². The van der Waals surface area contributed by atoms with Crippen LogP contribution in [0.1, 0.15) is 6.92 Å². The second kappa shape index (κ2) is 5.98. The van der Waals surface area contributed by atoms with E-state index in [9.17, 15) is 19.5 Å². The van der Waals surface area contributed by atoms with Crippen LogP contribution >= 0.6 is 15.9 Å². The van der Waals surface area contributed by atoms with Gasteiger partial charge in [-0.05, 0) is 28.9 Å². The van der Waals surface area contributed by atoms with Gasteiger partial charge in [-0.25, -0.2) is 0 Å². The Labute approximate surface area is 129 Å². The first-order chi connectivity index (χ1) is 9.83. The molecule has 2 atom stereocenters. The zero-order valence-corrected chi connectivity index (χ0v) is 12.9. The van der Waals surface area contributed by atoms with Crippen molar-refractivity contribution < 1.29 is 19.4 Å². The molecule has 1 aliphatic heterocycles. The SMILES string of the molecule is CC1(C(=O)O)COCC1NC(=O)Cn1cc(Br)ccc1=O. The van der Waals surface area contributed by atoms with Crippen molar-refractivity contribution in [1.29, 1.82) is 0 Å². The molecule has 2 unspecified atom stereocenters. The van der Waals surface area contributed by atoms with E-state index in [0.717, 1.165) is 0 Å². The number of rotatable bonds is 4. The molecule has 2 heterocycles. The van der Waals surface area contributed by atoms with Crippen molar-refractivity contribution >= 4 is 27.8 Å². The van der Waals surface area contributed by atoms with Crippen LogP contribution in [0.4, 0.5) is 0 Å². The lowest BCUT2D eigenvalue weighted by molar-refractivity contribution is -0.149. The Hall–Kier alpha value is -1.67. The summed E-state index contributed by atoms with van der Waals surface area (Å²) >= 11 is 3.22. The van der Waals surface area contributed by atoms with Gasteiger partial charge in [-0.3, -0.25) is 14.4 Å². The summed E-state index contributed by atoms with van der Waals surface area (Å²) in [5, 5.41) is 11.9. The molecular formula is C13H15BrN2O5. The molecule has 1 aliphatic rings. The minimum atomic E-state index is -1.15. The number of halogens is 1. The van der Waals surface area contributed by atoms with Crippen LogP contribution in [0, 0.1) is 5.41 Å². The molecule has 8 heteroatoms. The Balaban J connectivity index is 2.07. The number of carboxylic acid groups (broad SMARTS) is 1. The highest BCUT2D eigenvalue weighted by Gasteiger charge is 2.47. The van der Waals surface area contributed by atoms with Gasteiger partial charge in [0.15, 0.2) is 0 Å². The van der Waals surface area contributed by atoms with Crippen LogP contribution in [-0.4, -0.2) is 40.8 Å². The van der Waals surface area contributed by atoms with Gasteiger partial charge in [0.2, 0.25) is 5.91 Å². The van der Waals surface area contributed by atoms with Gasteiger partial charge in [0, 0.05) is 16.7 Å². The van der Waals surface area contributed by atoms with Crippen LogP contribution < -0.4 is 10.9 Å². The minimum absolute atomic E-state index is 0.0457. The maximum atomic E-state index is 12.0. The molecule has 0 radical (unpaired) electrons. The van der Waals surface area contributed by atoms with Crippen LogP contribution in [0.5, 0.6) is 0 Å². The predicted molar refractivity (Wildman–Crippen MR) is 76.9 cm³/mol. The Morgan fingerprint density at radius 2 is 2.29 bits per heavy atom. The molecule has 114 valence electrons. The van der Waals surface area contributed by atoms with E-state index in [1.807, 2.05) is 0 Å². The third kappa shape index (κ3) is 3.33. The summed E-state index contributed by atoms with van der Waals surface area (Å²) in [4.78, 5) is 34.9. The average molecular weight is 359 g/mol. The molecule has 0 aromatic carbocycles. The quantitative estimate of drug-likeness (QED) is 0.802. The first-order valence-corrected chi connectivity index (χ1v) is 7.09. The van der Waals surface area contributed by atoms with Crippen molar-refractivity contribution in [2.45, 2.75) is 19.5 Å². The molecule has 21 heavy (non-hydrogen) atoms. The Kier molecular flexibility index (Phi) is 4.48. The van der Waals surface area contributed by atoms with Gasteiger partial charge in [0.05, 0.1) is 19.3 Å². The molecule has 1 saturated heterocycles. The van der Waals surface area contributed by atoms with E-state index < -0.39 is 23.3 Å². The second-order valence-electron chi connectivity index (χ2n) is 5.17. The highest BCUT2D eigenvalue weighted by atomic mass is 79.9. The number of carbonyl (C=O) groups is 2. The summed E-state index contributed by atoms with van der Waals surface area (Å²) in [7, 11) is 0. The Morgan fingerprint density at radius 3 is 2.95 bits per heavy atom. The largest absolute Gasteiger partial charge is 0.481 e. The number of aromatic nitrogens is 1. The molecule has 2 rings (SSSR count). The normalized spacial score (nSPS) is 24.8. The van der Waals surface area contributed by atoms with E-state index in [2.05, 4.69) is 21.2 Å². The molecule has 7 nitrogen and oxygen atoms in total. The highest BCUT2D eigenvalue weighted by Crippen LogP contribution is 2.28. The Morgan fingerprint density at radius 1 is 1.57 bits per heavy atom. The van der Waals surface area contributed by atoms with Gasteiger partial charge >= 0.3 is 5.97 Å². The Bertz CT molecular complexity index is 629. The van der Waals surface area contributed by atoms with Crippen molar-refractivity contribution in [1.82, 2.24) is 9.88 Å². The van der Waals surface area contributed by atoms with E-state index in [-0.39, 0.29) is 25.3 Å². The summed E-state index contributed by atoms with van der Waals surface area (Å²) in [6, 6.07) is 2.31. The van der Waals surface area contributed by atoms with E-state index in [0.29, 0.717) is 4.47 Å². The zero-order chi connectivity index (χ0) is 15.6. The second-order valence-corrected chi connectivity index (χ2v) is 6.09. The third-order valence-corrected chi connectivity index (χ3v) is 4.01. The van der Waals surface area contributed by atoms with Crippen LogP contribution in [0.3, 0.4) is 0 Å². The number of nitrogens with zero attached hydrogens (tertiary/aromatic N) is 1. The smallest absolute Gasteiger partial charge is 0.313 e. The number of nitrogens with one attached hydrogen (secondary N) is 1. The lowest BCUT2D eigenvalue weighted by atomic mass is 9.85. The first-order valence-electron chi connectivity index (χ1n) is 6.29. The summed E-state index contributed by atoms with van der Waals surface area (Å²) in [6.07, 6.45) is 1.50. The molecule has 0 spiro atoms. The van der Waals surface area contributed by atoms with Crippen LogP contribution in [0.25, 0.3) is 0 Å². The number of amides is 1. The van der Waals surface area contributed by atoms with Crippen molar-refractivity contribution in [2.75, 3.05) is 13.2 Å². The molecule has 0 saturated carbocycles. The fourth-order valence-corrected chi connectivity index (χ4v) is 2.48. The van der Waals surface area contributed by atoms with Gasteiger partial charge < -0.3 is 19.7 Å². The molecule has 1 aromatic heterocycles. The average Bonchev–Trinajstić information content (AvgIpc) is 2.77. The molecule has 0 aliphatic carbocycles. The fraction of sp³-hybridized carbons (Fsp3) is 0.462. The number of aliphatic carboxylic acids is 1. The molecule has 2 N–H and O–H groups in total. The highest BCUT2D eigenvalue weighted by molar-refractivity contribution is 9.10. The lowest BCUT2D eigenvalue weighted by Gasteiger charge is -2.25. The number of carboxylic acids is 1. The van der Waals surface area contributed by atoms with E-state index in [1.54, 1.807) is 6.07 Å². The monoisotopic (exact) mass is 358 g/mol. The van der Waals surface area contributed by atoms with Crippen LogP contribution in [0.15, 0.2) is 27.6 Å². The predicted octanol–water partition coefficient (Wildman–Crippen LogP) is 0.217. The third-order valence-electron chi connectivity index (χ3n) is 3.54. The van der Waals surface area contributed by atoms with Gasteiger partial charge in [-0.2, -0.15) is 0 Å². The van der Waals surface area contributed by atoms with E-state index in [1.165, 1.54) is 23.8 Å². The summed E-state index contributed by atoms with van der Waals surface area (Å²) in [5.74, 6) is -1.46. The minimum Gasteiger partial charge on any atom is -0.481 e. The van der Waals surface area contributed by atoms with E-state index >= 15 is 0 Å².